The van der Waals surface area contributed by atoms with Crippen LogP contribution in [-0.2, 0) is 16.2 Å². The first-order chi connectivity index (χ1) is 17.7. The maximum Gasteiger partial charge on any atom is 0.312 e. The summed E-state index contributed by atoms with van der Waals surface area (Å²) in [5.41, 5.74) is 3.87. The third-order valence-corrected chi connectivity index (χ3v) is 6.56. The van der Waals surface area contributed by atoms with Gasteiger partial charge in [-0.25, -0.2) is 18.4 Å². The van der Waals surface area contributed by atoms with Gasteiger partial charge in [0, 0.05) is 24.2 Å². The number of para-hydroxylation sites is 1. The topological polar surface area (TPSA) is 89.4 Å². The molecular formula is C27H25F2N5O3. The maximum absolute atomic E-state index is 14.5. The van der Waals surface area contributed by atoms with Gasteiger partial charge < -0.3 is 15.0 Å². The van der Waals surface area contributed by atoms with Crippen LogP contribution in [0.3, 0.4) is 0 Å². The number of carbonyl (C=O) groups is 2. The molecule has 1 atom stereocenters. The minimum atomic E-state index is -0.672. The zero-order valence-electron chi connectivity index (χ0n) is 20.6. The van der Waals surface area contributed by atoms with Gasteiger partial charge in [0.15, 0.2) is 5.82 Å². The highest BCUT2D eigenvalue weighted by Crippen LogP contribution is 2.32. The number of hydrogen-bond donors (Lipinski definition) is 1. The molecule has 0 aliphatic carbocycles. The predicted octanol–water partition coefficient (Wildman–Crippen LogP) is 3.91. The number of aromatic nitrogens is 3. The molecule has 2 aromatic carbocycles. The number of piperazine rings is 1. The highest BCUT2D eigenvalue weighted by Gasteiger charge is 2.32. The SMILES string of the molecule is Cc1cc(-n2cc(F)cn2)c2cccc(OCc3c(C)cc(F)cc3[C@H](C)N3CCNC(=O)C3=O)c2n1. The van der Waals surface area contributed by atoms with E-state index in [-0.39, 0.29) is 6.61 Å². The van der Waals surface area contributed by atoms with Gasteiger partial charge in [-0.2, -0.15) is 5.10 Å². The number of fused-ring (bicyclic) bond motifs is 1. The molecule has 10 heteroatoms. The van der Waals surface area contributed by atoms with E-state index in [1.54, 1.807) is 19.9 Å². The fourth-order valence-corrected chi connectivity index (χ4v) is 4.72. The van der Waals surface area contributed by atoms with Crippen molar-refractivity contribution in [3.05, 3.63) is 82.8 Å². The number of ether oxygens (including phenoxy) is 1. The quantitative estimate of drug-likeness (QED) is 0.402. The molecule has 4 aromatic rings. The summed E-state index contributed by atoms with van der Waals surface area (Å²) in [6, 6.07) is 9.51. The number of hydrogen-bond acceptors (Lipinski definition) is 5. The molecule has 0 unspecified atom stereocenters. The second kappa shape index (κ2) is 9.61. The third kappa shape index (κ3) is 4.62. The molecule has 37 heavy (non-hydrogen) atoms. The molecule has 0 radical (unpaired) electrons. The average molecular weight is 506 g/mol. The Bertz CT molecular complexity index is 1530. The molecule has 1 N–H and O–H groups in total. The van der Waals surface area contributed by atoms with E-state index in [0.29, 0.717) is 52.4 Å². The first-order valence-corrected chi connectivity index (χ1v) is 11.8. The van der Waals surface area contributed by atoms with E-state index in [1.165, 1.54) is 27.9 Å². The van der Waals surface area contributed by atoms with Crippen LogP contribution in [0, 0.1) is 25.5 Å². The zero-order valence-corrected chi connectivity index (χ0v) is 20.6. The molecule has 3 heterocycles. The Kier molecular flexibility index (Phi) is 6.32. The normalized spacial score (nSPS) is 14.7. The first-order valence-electron chi connectivity index (χ1n) is 11.8. The Balaban J connectivity index is 1.51. The van der Waals surface area contributed by atoms with E-state index < -0.39 is 29.5 Å². The second-order valence-corrected chi connectivity index (χ2v) is 9.05. The molecule has 2 amide bonds. The van der Waals surface area contributed by atoms with E-state index in [4.69, 9.17) is 4.74 Å². The van der Waals surface area contributed by atoms with Crippen LogP contribution < -0.4 is 10.1 Å². The van der Waals surface area contributed by atoms with Gasteiger partial charge in [0.1, 0.15) is 23.7 Å². The average Bonchev–Trinajstić information content (AvgIpc) is 3.30. The molecule has 2 aromatic heterocycles. The summed E-state index contributed by atoms with van der Waals surface area (Å²) in [6.45, 7) is 6.12. The lowest BCUT2D eigenvalue weighted by Crippen LogP contribution is -2.52. The predicted molar refractivity (Wildman–Crippen MR) is 132 cm³/mol. The number of rotatable bonds is 6. The Morgan fingerprint density at radius 1 is 1.14 bits per heavy atom. The molecule has 0 spiro atoms. The summed E-state index contributed by atoms with van der Waals surface area (Å²) in [6.07, 6.45) is 2.43. The van der Waals surface area contributed by atoms with Gasteiger partial charge in [0.05, 0.1) is 24.1 Å². The van der Waals surface area contributed by atoms with Crippen LogP contribution >= 0.6 is 0 Å². The van der Waals surface area contributed by atoms with Crippen LogP contribution in [-0.4, -0.2) is 44.6 Å². The largest absolute Gasteiger partial charge is 0.487 e. The Morgan fingerprint density at radius 2 is 1.95 bits per heavy atom. The number of amides is 2. The van der Waals surface area contributed by atoms with Gasteiger partial charge in [0.25, 0.3) is 0 Å². The number of carbonyl (C=O) groups excluding carboxylic acids is 2. The van der Waals surface area contributed by atoms with E-state index in [1.807, 2.05) is 25.1 Å². The number of aryl methyl sites for hydroxylation is 2. The first kappa shape index (κ1) is 24.4. The molecule has 8 nitrogen and oxygen atoms in total. The van der Waals surface area contributed by atoms with Crippen molar-refractivity contribution in [2.75, 3.05) is 13.1 Å². The monoisotopic (exact) mass is 505 g/mol. The summed E-state index contributed by atoms with van der Waals surface area (Å²) in [7, 11) is 0. The molecule has 190 valence electrons. The highest BCUT2D eigenvalue weighted by molar-refractivity contribution is 6.35. The van der Waals surface area contributed by atoms with Crippen molar-refractivity contribution in [2.24, 2.45) is 0 Å². The lowest BCUT2D eigenvalue weighted by Gasteiger charge is -2.33. The minimum absolute atomic E-state index is 0.0838. The van der Waals surface area contributed by atoms with Crippen LogP contribution in [0.4, 0.5) is 8.78 Å². The van der Waals surface area contributed by atoms with Crippen molar-refractivity contribution in [1.82, 2.24) is 25.0 Å². The van der Waals surface area contributed by atoms with Crippen LogP contribution in [0.15, 0.2) is 48.8 Å². The minimum Gasteiger partial charge on any atom is -0.487 e. The van der Waals surface area contributed by atoms with E-state index in [2.05, 4.69) is 15.4 Å². The van der Waals surface area contributed by atoms with Crippen LogP contribution in [0.1, 0.15) is 35.3 Å². The smallest absolute Gasteiger partial charge is 0.312 e. The summed E-state index contributed by atoms with van der Waals surface area (Å²) < 4.78 is 35.8. The van der Waals surface area contributed by atoms with Crippen molar-refractivity contribution in [1.29, 1.82) is 0 Å². The number of nitrogens with one attached hydrogen (secondary N) is 1. The van der Waals surface area contributed by atoms with Gasteiger partial charge >= 0.3 is 11.8 Å². The number of benzene rings is 2. The number of halogens is 2. The van der Waals surface area contributed by atoms with Gasteiger partial charge in [-0.05, 0) is 61.7 Å². The molecule has 1 aliphatic rings. The molecule has 0 bridgehead atoms. The van der Waals surface area contributed by atoms with E-state index in [9.17, 15) is 18.4 Å². The Hall–Kier alpha value is -4.34. The molecule has 1 fully saturated rings. The number of nitrogens with zero attached hydrogens (tertiary/aromatic N) is 4. The third-order valence-electron chi connectivity index (χ3n) is 6.56. The Labute approximate surface area is 211 Å². The van der Waals surface area contributed by atoms with E-state index >= 15 is 0 Å². The van der Waals surface area contributed by atoms with Gasteiger partial charge in [0.2, 0.25) is 0 Å². The Morgan fingerprint density at radius 3 is 2.70 bits per heavy atom. The molecule has 0 saturated carbocycles. The fraction of sp³-hybridized carbons (Fsp3) is 0.259. The van der Waals surface area contributed by atoms with Crippen LogP contribution in [0.5, 0.6) is 5.75 Å². The molecular weight excluding hydrogens is 480 g/mol. The summed E-state index contributed by atoms with van der Waals surface area (Å²) in [5.74, 6) is -1.72. The summed E-state index contributed by atoms with van der Waals surface area (Å²) in [4.78, 5) is 30.5. The summed E-state index contributed by atoms with van der Waals surface area (Å²) >= 11 is 0. The van der Waals surface area contributed by atoms with Crippen molar-refractivity contribution in [3.63, 3.8) is 0 Å². The lowest BCUT2D eigenvalue weighted by atomic mass is 9.95. The van der Waals surface area contributed by atoms with Crippen LogP contribution in [0.25, 0.3) is 16.6 Å². The highest BCUT2D eigenvalue weighted by atomic mass is 19.1. The van der Waals surface area contributed by atoms with Crippen molar-refractivity contribution in [3.8, 4) is 11.4 Å². The maximum atomic E-state index is 14.5. The van der Waals surface area contributed by atoms with Crippen LogP contribution in [0.2, 0.25) is 0 Å². The summed E-state index contributed by atoms with van der Waals surface area (Å²) in [5, 5.41) is 7.34. The van der Waals surface area contributed by atoms with Crippen molar-refractivity contribution in [2.45, 2.75) is 33.4 Å². The second-order valence-electron chi connectivity index (χ2n) is 9.05. The van der Waals surface area contributed by atoms with Gasteiger partial charge in [-0.3, -0.25) is 9.59 Å². The molecule has 1 aliphatic heterocycles. The lowest BCUT2D eigenvalue weighted by molar-refractivity contribution is -0.149. The standard InChI is InChI=1S/C27H25F2N5O3/c1-15-9-18(28)11-21(17(3)33-8-7-30-26(35)27(33)36)22(15)14-37-24-6-4-5-20-23(10-16(2)32-25(20)24)34-13-19(29)12-31-34/h4-6,9-13,17H,7-8,14H2,1-3H3,(H,30,35)/t17-/m0/s1. The van der Waals surface area contributed by atoms with E-state index in [0.717, 1.165) is 11.6 Å². The van der Waals surface area contributed by atoms with Gasteiger partial charge in [-0.1, -0.05) is 12.1 Å². The van der Waals surface area contributed by atoms with Gasteiger partial charge in [-0.15, -0.1) is 0 Å². The molecule has 5 rings (SSSR count). The molecule has 1 saturated heterocycles. The number of pyridine rings is 1. The zero-order chi connectivity index (χ0) is 26.3. The van der Waals surface area contributed by atoms with Crippen molar-refractivity contribution < 1.29 is 23.1 Å². The fourth-order valence-electron chi connectivity index (χ4n) is 4.72. The van der Waals surface area contributed by atoms with Crippen molar-refractivity contribution >= 4 is 22.7 Å².